The number of carbonyl (C=O) groups is 1. The van der Waals surface area contributed by atoms with Crippen LogP contribution < -0.4 is 15.0 Å². The maximum Gasteiger partial charge on any atom is 0.265 e. The standard InChI is InChI=1S/C21H23N3O8S2/c1-31-16-5-9-18(10-6-16)33(27,28)23-13-3-4-14-24(21(23)15-20(25)22-26)34(29,30)19-11-7-17(32-2)8-12-19/h3-14,21,26H,15H2,1-2H3,(H,22,25). The second-order valence-corrected chi connectivity index (χ2v) is 10.6. The smallest absolute Gasteiger partial charge is 0.265 e. The van der Waals surface area contributed by atoms with Crippen LogP contribution in [0.5, 0.6) is 11.5 Å². The summed E-state index contributed by atoms with van der Waals surface area (Å²) in [5.74, 6) is -0.141. The van der Waals surface area contributed by atoms with Crippen molar-refractivity contribution in [3.05, 3.63) is 73.1 Å². The average Bonchev–Trinajstić information content (AvgIpc) is 3.07. The average molecular weight is 510 g/mol. The zero-order valence-corrected chi connectivity index (χ0v) is 19.9. The Balaban J connectivity index is 2.11. The molecule has 0 fully saturated rings. The highest BCUT2D eigenvalue weighted by Crippen LogP contribution is 2.30. The van der Waals surface area contributed by atoms with Gasteiger partial charge in [0.15, 0.2) is 0 Å². The summed E-state index contributed by atoms with van der Waals surface area (Å²) in [4.78, 5) is 11.8. The van der Waals surface area contributed by atoms with Gasteiger partial charge in [0, 0.05) is 12.4 Å². The third kappa shape index (κ3) is 5.00. The van der Waals surface area contributed by atoms with Crippen LogP contribution in [0.2, 0.25) is 0 Å². The van der Waals surface area contributed by atoms with E-state index < -0.39 is 38.5 Å². The predicted octanol–water partition coefficient (Wildman–Crippen LogP) is 1.65. The Morgan fingerprint density at radius 1 is 0.824 bits per heavy atom. The first-order valence-electron chi connectivity index (χ1n) is 9.78. The number of benzene rings is 2. The summed E-state index contributed by atoms with van der Waals surface area (Å²) in [7, 11) is -5.81. The molecule has 0 saturated carbocycles. The largest absolute Gasteiger partial charge is 0.497 e. The molecule has 11 nitrogen and oxygen atoms in total. The Morgan fingerprint density at radius 2 is 1.21 bits per heavy atom. The summed E-state index contributed by atoms with van der Waals surface area (Å²) in [6.07, 6.45) is 2.68. The molecule has 1 aliphatic heterocycles. The van der Waals surface area contributed by atoms with E-state index in [2.05, 4.69) is 0 Å². The van der Waals surface area contributed by atoms with Gasteiger partial charge in [0.05, 0.1) is 30.4 Å². The van der Waals surface area contributed by atoms with E-state index in [1.165, 1.54) is 80.4 Å². The fourth-order valence-electron chi connectivity index (χ4n) is 3.19. The van der Waals surface area contributed by atoms with Crippen LogP contribution in [0.15, 0.2) is 82.9 Å². The van der Waals surface area contributed by atoms with Crippen molar-refractivity contribution in [3.63, 3.8) is 0 Å². The molecule has 2 N–H and O–H groups in total. The van der Waals surface area contributed by atoms with E-state index in [0.717, 1.165) is 21.0 Å². The van der Waals surface area contributed by atoms with Gasteiger partial charge in [-0.15, -0.1) is 0 Å². The van der Waals surface area contributed by atoms with E-state index in [1.54, 1.807) is 0 Å². The van der Waals surface area contributed by atoms with E-state index in [4.69, 9.17) is 14.7 Å². The SMILES string of the molecule is COc1ccc(S(=O)(=O)N2C=CC=CN(S(=O)(=O)c3ccc(OC)cc3)C2CC(=O)NO)cc1. The predicted molar refractivity (Wildman–Crippen MR) is 121 cm³/mol. The van der Waals surface area contributed by atoms with Crippen LogP contribution in [0.4, 0.5) is 0 Å². The van der Waals surface area contributed by atoms with Gasteiger partial charge in [0.25, 0.3) is 20.0 Å². The van der Waals surface area contributed by atoms with Gasteiger partial charge in [-0.05, 0) is 60.7 Å². The topological polar surface area (TPSA) is 143 Å². The highest BCUT2D eigenvalue weighted by Gasteiger charge is 2.39. The second kappa shape index (κ2) is 10.2. The second-order valence-electron chi connectivity index (χ2n) is 6.92. The van der Waals surface area contributed by atoms with Crippen LogP contribution in [-0.4, -0.2) is 56.9 Å². The third-order valence-electron chi connectivity index (χ3n) is 4.93. The number of sulfonamides is 2. The van der Waals surface area contributed by atoms with Crippen molar-refractivity contribution >= 4 is 26.0 Å². The van der Waals surface area contributed by atoms with Crippen molar-refractivity contribution in [1.29, 1.82) is 0 Å². The molecule has 3 rings (SSSR count). The number of amides is 1. The van der Waals surface area contributed by atoms with Gasteiger partial charge < -0.3 is 9.47 Å². The molecule has 0 aromatic heterocycles. The van der Waals surface area contributed by atoms with Gasteiger partial charge in [0.2, 0.25) is 5.91 Å². The minimum Gasteiger partial charge on any atom is -0.497 e. The van der Waals surface area contributed by atoms with Gasteiger partial charge in [-0.1, -0.05) is 0 Å². The molecule has 0 aliphatic carbocycles. The molecule has 0 saturated heterocycles. The minimum absolute atomic E-state index is 0.156. The number of hydrogen-bond acceptors (Lipinski definition) is 8. The summed E-state index contributed by atoms with van der Waals surface area (Å²) in [6, 6.07) is 10.9. The number of nitrogens with zero attached hydrogens (tertiary/aromatic N) is 2. The first-order valence-corrected chi connectivity index (χ1v) is 12.7. The van der Waals surface area contributed by atoms with Crippen molar-refractivity contribution < 1.29 is 36.3 Å². The summed E-state index contributed by atoms with van der Waals surface area (Å²) >= 11 is 0. The zero-order chi connectivity index (χ0) is 24.9. The van der Waals surface area contributed by atoms with Crippen molar-refractivity contribution in [1.82, 2.24) is 14.1 Å². The number of hydroxylamine groups is 1. The molecular formula is C21H23N3O8S2. The first-order chi connectivity index (χ1) is 16.1. The Kier molecular flexibility index (Phi) is 7.49. The van der Waals surface area contributed by atoms with Crippen LogP contribution in [0.3, 0.4) is 0 Å². The number of nitrogens with one attached hydrogen (secondary N) is 1. The van der Waals surface area contributed by atoms with E-state index >= 15 is 0 Å². The zero-order valence-electron chi connectivity index (χ0n) is 18.2. The lowest BCUT2D eigenvalue weighted by Crippen LogP contribution is -2.50. The Bertz CT molecular complexity index is 1200. The molecule has 0 atom stereocenters. The summed E-state index contributed by atoms with van der Waals surface area (Å²) in [5, 5.41) is 9.06. The van der Waals surface area contributed by atoms with Crippen LogP contribution in [0.25, 0.3) is 0 Å². The van der Waals surface area contributed by atoms with E-state index in [0.29, 0.717) is 11.5 Å². The fraction of sp³-hybridized carbons (Fsp3) is 0.190. The van der Waals surface area contributed by atoms with Crippen LogP contribution >= 0.6 is 0 Å². The summed E-state index contributed by atoms with van der Waals surface area (Å²) in [6.45, 7) is 0. The minimum atomic E-state index is -4.34. The van der Waals surface area contributed by atoms with Gasteiger partial charge in [-0.3, -0.25) is 18.6 Å². The quantitative estimate of drug-likeness (QED) is 0.404. The van der Waals surface area contributed by atoms with Gasteiger partial charge in [-0.2, -0.15) is 0 Å². The molecule has 2 aromatic carbocycles. The molecule has 1 heterocycles. The number of methoxy groups -OCH3 is 2. The molecule has 2 aromatic rings. The van der Waals surface area contributed by atoms with Crippen molar-refractivity contribution in [2.45, 2.75) is 22.4 Å². The lowest BCUT2D eigenvalue weighted by atomic mass is 10.3. The number of allylic oxidation sites excluding steroid dienone is 2. The number of rotatable bonds is 8. The van der Waals surface area contributed by atoms with Gasteiger partial charge >= 0.3 is 0 Å². The summed E-state index contributed by atoms with van der Waals surface area (Å²) in [5.41, 5.74) is 1.42. The molecule has 13 heteroatoms. The third-order valence-corrected chi connectivity index (χ3v) is 8.50. The van der Waals surface area contributed by atoms with Crippen molar-refractivity contribution in [3.8, 4) is 11.5 Å². The first kappa shape index (κ1) is 25.1. The highest BCUT2D eigenvalue weighted by molar-refractivity contribution is 7.90. The van der Waals surface area contributed by atoms with Crippen LogP contribution in [0.1, 0.15) is 6.42 Å². The molecule has 0 unspecified atom stereocenters. The maximum absolute atomic E-state index is 13.5. The monoisotopic (exact) mass is 509 g/mol. The molecule has 0 spiro atoms. The van der Waals surface area contributed by atoms with Crippen molar-refractivity contribution in [2.75, 3.05) is 14.2 Å². The van der Waals surface area contributed by atoms with E-state index in [-0.39, 0.29) is 9.79 Å². The van der Waals surface area contributed by atoms with Gasteiger partial charge in [-0.25, -0.2) is 22.3 Å². The molecule has 1 aliphatic rings. The lowest BCUT2D eigenvalue weighted by molar-refractivity contribution is -0.130. The molecular weight excluding hydrogens is 486 g/mol. The summed E-state index contributed by atoms with van der Waals surface area (Å²) < 4.78 is 65.6. The molecule has 182 valence electrons. The number of carbonyl (C=O) groups excluding carboxylic acids is 1. The Hall–Kier alpha value is -3.55. The Labute approximate surface area is 197 Å². The number of ether oxygens (including phenoxy) is 2. The molecule has 1 amide bonds. The Morgan fingerprint density at radius 3 is 1.53 bits per heavy atom. The highest BCUT2D eigenvalue weighted by atomic mass is 32.2. The van der Waals surface area contributed by atoms with Gasteiger partial charge in [0.1, 0.15) is 17.7 Å². The number of hydrogen-bond donors (Lipinski definition) is 2. The maximum atomic E-state index is 13.5. The van der Waals surface area contributed by atoms with E-state index in [9.17, 15) is 21.6 Å². The van der Waals surface area contributed by atoms with Crippen LogP contribution in [0, 0.1) is 0 Å². The molecule has 34 heavy (non-hydrogen) atoms. The normalized spacial score (nSPS) is 14.6. The van der Waals surface area contributed by atoms with Crippen molar-refractivity contribution in [2.24, 2.45) is 0 Å². The van der Waals surface area contributed by atoms with E-state index in [1.807, 2.05) is 0 Å². The lowest BCUT2D eigenvalue weighted by Gasteiger charge is -2.35. The fourth-order valence-corrected chi connectivity index (χ4v) is 6.15. The molecule has 0 radical (unpaired) electrons. The molecule has 0 bridgehead atoms. The van der Waals surface area contributed by atoms with Crippen LogP contribution in [-0.2, 0) is 24.8 Å².